The van der Waals surface area contributed by atoms with Crippen LogP contribution in [0.4, 0.5) is 0 Å². The highest BCUT2D eigenvalue weighted by Crippen LogP contribution is 2.19. The maximum Gasteiger partial charge on any atom is 0.305 e. The van der Waals surface area contributed by atoms with Gasteiger partial charge in [-0.05, 0) is 51.4 Å². The monoisotopic (exact) mass is 1030 g/mol. The Morgan fingerprint density at radius 3 is 0.973 bits per heavy atom. The first-order chi connectivity index (χ1) is 36.0. The molecule has 0 aliphatic heterocycles. The van der Waals surface area contributed by atoms with E-state index in [2.05, 4.69) is 31.3 Å². The minimum absolute atomic E-state index is 0.00856. The van der Waals surface area contributed by atoms with Crippen molar-refractivity contribution in [2.45, 2.75) is 392 Å². The molecule has 0 aliphatic carbocycles. The number of nitrogens with one attached hydrogen (secondary N) is 1. The first-order valence-corrected chi connectivity index (χ1v) is 33.4. The summed E-state index contributed by atoms with van der Waals surface area (Å²) < 4.78 is 5.50. The molecule has 0 bridgehead atoms. The van der Waals surface area contributed by atoms with Crippen molar-refractivity contribution in [2.24, 2.45) is 0 Å². The standard InChI is InChI=1S/C67H131NO5/c1-3-5-7-9-11-13-15-17-19-21-23-24-27-31-35-39-43-47-51-55-59-65(70)64(63-69)68-66(71)60-56-52-48-44-40-36-32-28-25-26-30-34-38-42-46-50-54-58-62-73-67(72)61-57-53-49-45-41-37-33-29-22-20-18-16-14-12-10-8-6-4-2/h28,32,64-65,69-70H,3-27,29-31,33-63H2,1-2H3,(H,68,71)/b32-28-. The Balaban J connectivity index is 3.42. The fourth-order valence-electron chi connectivity index (χ4n) is 10.7. The van der Waals surface area contributed by atoms with Gasteiger partial charge in [0, 0.05) is 12.8 Å². The number of hydrogen-bond acceptors (Lipinski definition) is 5. The summed E-state index contributed by atoms with van der Waals surface area (Å²) >= 11 is 0. The number of carbonyl (C=O) groups is 2. The smallest absolute Gasteiger partial charge is 0.305 e. The van der Waals surface area contributed by atoms with Crippen molar-refractivity contribution in [3.05, 3.63) is 12.2 Å². The van der Waals surface area contributed by atoms with E-state index < -0.39 is 12.1 Å². The molecule has 0 aromatic heterocycles. The van der Waals surface area contributed by atoms with Gasteiger partial charge >= 0.3 is 5.97 Å². The number of ether oxygens (including phenoxy) is 1. The molecule has 0 aromatic rings. The zero-order chi connectivity index (χ0) is 52.9. The van der Waals surface area contributed by atoms with E-state index >= 15 is 0 Å². The van der Waals surface area contributed by atoms with Gasteiger partial charge in [0.2, 0.25) is 5.91 Å². The molecule has 6 nitrogen and oxygen atoms in total. The van der Waals surface area contributed by atoms with Crippen molar-refractivity contribution < 1.29 is 24.5 Å². The van der Waals surface area contributed by atoms with E-state index in [4.69, 9.17) is 4.74 Å². The summed E-state index contributed by atoms with van der Waals surface area (Å²) in [4.78, 5) is 24.6. The number of hydrogen-bond donors (Lipinski definition) is 3. The number of esters is 1. The molecular weight excluding hydrogens is 899 g/mol. The second-order valence-corrected chi connectivity index (χ2v) is 23.2. The molecule has 2 atom stereocenters. The van der Waals surface area contributed by atoms with Gasteiger partial charge in [0.25, 0.3) is 0 Å². The van der Waals surface area contributed by atoms with Gasteiger partial charge in [0.1, 0.15) is 0 Å². The number of carbonyl (C=O) groups excluding carboxylic acids is 2. The summed E-state index contributed by atoms with van der Waals surface area (Å²) in [5, 5.41) is 23.4. The Morgan fingerprint density at radius 1 is 0.370 bits per heavy atom. The molecule has 0 rings (SSSR count). The summed E-state index contributed by atoms with van der Waals surface area (Å²) in [5.74, 6) is -0.0365. The van der Waals surface area contributed by atoms with Crippen molar-refractivity contribution in [2.75, 3.05) is 13.2 Å². The molecular formula is C67H131NO5. The summed E-state index contributed by atoms with van der Waals surface area (Å²) in [5.41, 5.74) is 0. The molecule has 6 heteroatoms. The molecule has 0 aliphatic rings. The van der Waals surface area contributed by atoms with Crippen LogP contribution >= 0.6 is 0 Å². The van der Waals surface area contributed by atoms with Crippen molar-refractivity contribution in [3.63, 3.8) is 0 Å². The minimum Gasteiger partial charge on any atom is -0.466 e. The maximum atomic E-state index is 12.5. The Labute approximate surface area is 457 Å². The second kappa shape index (κ2) is 63.1. The molecule has 434 valence electrons. The third-order valence-electron chi connectivity index (χ3n) is 15.8. The zero-order valence-corrected chi connectivity index (χ0v) is 49.6. The lowest BCUT2D eigenvalue weighted by Gasteiger charge is -2.22. The fraction of sp³-hybridized carbons (Fsp3) is 0.940. The molecule has 0 spiro atoms. The van der Waals surface area contributed by atoms with Crippen LogP contribution in [0.25, 0.3) is 0 Å². The van der Waals surface area contributed by atoms with E-state index in [1.807, 2.05) is 0 Å². The van der Waals surface area contributed by atoms with Gasteiger partial charge in [0.15, 0.2) is 0 Å². The number of rotatable bonds is 63. The van der Waals surface area contributed by atoms with Crippen LogP contribution in [0.1, 0.15) is 380 Å². The van der Waals surface area contributed by atoms with Gasteiger partial charge in [0.05, 0.1) is 25.4 Å². The molecule has 0 saturated heterocycles. The first-order valence-electron chi connectivity index (χ1n) is 33.4. The van der Waals surface area contributed by atoms with E-state index in [1.54, 1.807) is 0 Å². The SMILES string of the molecule is CCCCCCCCCCCCCCCCCCCCCCC(O)C(CO)NC(=O)CCCCCCC/C=C\CCCCCCCCCCCOC(=O)CCCCCCCCCCCCCCCCCCCC. The lowest BCUT2D eigenvalue weighted by molar-refractivity contribution is -0.143. The normalized spacial score (nSPS) is 12.5. The van der Waals surface area contributed by atoms with Crippen LogP contribution in [-0.2, 0) is 14.3 Å². The number of allylic oxidation sites excluding steroid dienone is 2. The first kappa shape index (κ1) is 71.6. The fourth-order valence-corrected chi connectivity index (χ4v) is 10.7. The van der Waals surface area contributed by atoms with E-state index in [1.165, 1.54) is 295 Å². The lowest BCUT2D eigenvalue weighted by atomic mass is 10.0. The summed E-state index contributed by atoms with van der Waals surface area (Å²) in [6, 6.07) is -0.552. The number of aliphatic hydroxyl groups is 2. The van der Waals surface area contributed by atoms with Gasteiger partial charge in [-0.2, -0.15) is 0 Å². The van der Waals surface area contributed by atoms with E-state index in [-0.39, 0.29) is 18.5 Å². The predicted octanol–water partition coefficient (Wildman–Crippen LogP) is 21.2. The molecule has 2 unspecified atom stereocenters. The van der Waals surface area contributed by atoms with E-state index in [0.29, 0.717) is 25.9 Å². The second-order valence-electron chi connectivity index (χ2n) is 23.2. The Morgan fingerprint density at radius 2 is 0.644 bits per heavy atom. The highest BCUT2D eigenvalue weighted by molar-refractivity contribution is 5.76. The number of aliphatic hydroxyl groups excluding tert-OH is 2. The molecule has 0 fully saturated rings. The van der Waals surface area contributed by atoms with Gasteiger partial charge in [-0.25, -0.2) is 0 Å². The largest absolute Gasteiger partial charge is 0.466 e. The summed E-state index contributed by atoms with van der Waals surface area (Å²) in [6.45, 7) is 4.98. The van der Waals surface area contributed by atoms with Crippen molar-refractivity contribution in [1.82, 2.24) is 5.32 Å². The van der Waals surface area contributed by atoms with E-state index in [0.717, 1.165) is 51.4 Å². The van der Waals surface area contributed by atoms with Crippen LogP contribution in [0, 0.1) is 0 Å². The maximum absolute atomic E-state index is 12.5. The van der Waals surface area contributed by atoms with Crippen LogP contribution in [-0.4, -0.2) is 47.4 Å². The Hall–Kier alpha value is -1.40. The van der Waals surface area contributed by atoms with Gasteiger partial charge in [-0.15, -0.1) is 0 Å². The van der Waals surface area contributed by atoms with Crippen LogP contribution in [0.5, 0.6) is 0 Å². The Kier molecular flexibility index (Phi) is 61.9. The van der Waals surface area contributed by atoms with Gasteiger partial charge in [-0.1, -0.05) is 328 Å². The molecule has 0 saturated carbocycles. The van der Waals surface area contributed by atoms with Crippen LogP contribution < -0.4 is 5.32 Å². The van der Waals surface area contributed by atoms with E-state index in [9.17, 15) is 19.8 Å². The summed E-state index contributed by atoms with van der Waals surface area (Å²) in [7, 11) is 0. The number of unbranched alkanes of at least 4 members (excludes halogenated alkanes) is 50. The average molecular weight is 1030 g/mol. The molecule has 0 radical (unpaired) electrons. The topological polar surface area (TPSA) is 95.9 Å². The zero-order valence-electron chi connectivity index (χ0n) is 49.6. The highest BCUT2D eigenvalue weighted by atomic mass is 16.5. The van der Waals surface area contributed by atoms with Gasteiger partial charge < -0.3 is 20.3 Å². The third kappa shape index (κ3) is 59.7. The molecule has 1 amide bonds. The van der Waals surface area contributed by atoms with Crippen molar-refractivity contribution >= 4 is 11.9 Å². The quantitative estimate of drug-likeness (QED) is 0.0320. The molecule has 0 aromatic carbocycles. The lowest BCUT2D eigenvalue weighted by Crippen LogP contribution is -2.45. The van der Waals surface area contributed by atoms with Gasteiger partial charge in [-0.3, -0.25) is 9.59 Å². The van der Waals surface area contributed by atoms with Crippen molar-refractivity contribution in [1.29, 1.82) is 0 Å². The van der Waals surface area contributed by atoms with Crippen LogP contribution in [0.3, 0.4) is 0 Å². The minimum atomic E-state index is -0.673. The van der Waals surface area contributed by atoms with Crippen molar-refractivity contribution in [3.8, 4) is 0 Å². The Bertz CT molecular complexity index is 1100. The third-order valence-corrected chi connectivity index (χ3v) is 15.8. The molecule has 3 N–H and O–H groups in total. The average Bonchev–Trinajstić information content (AvgIpc) is 3.39. The predicted molar refractivity (Wildman–Crippen MR) is 320 cm³/mol. The van der Waals surface area contributed by atoms with Crippen LogP contribution in [0.15, 0.2) is 12.2 Å². The highest BCUT2D eigenvalue weighted by Gasteiger charge is 2.20. The molecule has 0 heterocycles. The summed E-state index contributed by atoms with van der Waals surface area (Å²) in [6.07, 6.45) is 76.6. The number of amides is 1. The molecule has 73 heavy (non-hydrogen) atoms. The van der Waals surface area contributed by atoms with Crippen LogP contribution in [0.2, 0.25) is 0 Å².